The number of nitrogens with zero attached hydrogens (tertiary/aromatic N) is 3. The molecule has 0 amide bonds. The average Bonchev–Trinajstić information content (AvgIpc) is 2.72. The summed E-state index contributed by atoms with van der Waals surface area (Å²) < 4.78 is 2.67. The van der Waals surface area contributed by atoms with Crippen molar-refractivity contribution in [2.75, 3.05) is 6.54 Å². The summed E-state index contributed by atoms with van der Waals surface area (Å²) in [6.07, 6.45) is 1.63. The van der Waals surface area contributed by atoms with Gasteiger partial charge in [-0.2, -0.15) is 5.10 Å². The van der Waals surface area contributed by atoms with Crippen molar-refractivity contribution >= 4 is 33.5 Å². The second kappa shape index (κ2) is 6.16. The molecule has 0 aliphatic rings. The zero-order chi connectivity index (χ0) is 13.8. The number of benzene rings is 1. The van der Waals surface area contributed by atoms with E-state index in [0.29, 0.717) is 5.56 Å². The van der Waals surface area contributed by atoms with Gasteiger partial charge in [-0.3, -0.25) is 4.99 Å². The van der Waals surface area contributed by atoms with Crippen LogP contribution in [-0.2, 0) is 0 Å². The minimum absolute atomic E-state index is 0.203. The number of aryl methyl sites for hydroxylation is 1. The van der Waals surface area contributed by atoms with Crippen LogP contribution in [-0.4, -0.2) is 22.5 Å². The fourth-order valence-corrected chi connectivity index (χ4v) is 2.77. The highest BCUT2D eigenvalue weighted by Crippen LogP contribution is 2.20. The van der Waals surface area contributed by atoms with Crippen LogP contribution in [0.1, 0.15) is 18.2 Å². The van der Waals surface area contributed by atoms with Gasteiger partial charge >= 0.3 is 0 Å². The maximum absolute atomic E-state index is 9.76. The smallest absolute Gasteiger partial charge is 0.205 e. The van der Waals surface area contributed by atoms with Crippen LogP contribution in [0, 0.1) is 6.92 Å². The molecule has 0 aliphatic carbocycles. The van der Waals surface area contributed by atoms with Crippen LogP contribution in [0.25, 0.3) is 0 Å². The van der Waals surface area contributed by atoms with E-state index in [1.807, 2.05) is 25.3 Å². The van der Waals surface area contributed by atoms with Crippen molar-refractivity contribution in [3.63, 3.8) is 0 Å². The maximum atomic E-state index is 9.76. The second-order valence-electron chi connectivity index (χ2n) is 3.89. The molecule has 1 N–H and O–H groups in total. The van der Waals surface area contributed by atoms with E-state index in [9.17, 15) is 5.11 Å². The van der Waals surface area contributed by atoms with E-state index < -0.39 is 0 Å². The molecule has 19 heavy (non-hydrogen) atoms. The largest absolute Gasteiger partial charge is 0.507 e. The summed E-state index contributed by atoms with van der Waals surface area (Å²) in [7, 11) is 0. The van der Waals surface area contributed by atoms with Crippen LogP contribution in [0.5, 0.6) is 5.75 Å². The van der Waals surface area contributed by atoms with E-state index >= 15 is 0 Å². The van der Waals surface area contributed by atoms with E-state index in [0.717, 1.165) is 21.5 Å². The SMILES string of the molecule is CCN=c1scc(C)n1N=Cc1cc(Br)ccc1O. The highest BCUT2D eigenvalue weighted by atomic mass is 79.9. The first-order chi connectivity index (χ1) is 9.11. The summed E-state index contributed by atoms with van der Waals surface area (Å²) in [4.78, 5) is 5.23. The van der Waals surface area contributed by atoms with Gasteiger partial charge in [0, 0.05) is 22.0 Å². The highest BCUT2D eigenvalue weighted by molar-refractivity contribution is 9.10. The van der Waals surface area contributed by atoms with Gasteiger partial charge in [0.15, 0.2) is 0 Å². The third-order valence-electron chi connectivity index (χ3n) is 2.45. The number of phenols is 1. The van der Waals surface area contributed by atoms with Gasteiger partial charge < -0.3 is 5.11 Å². The summed E-state index contributed by atoms with van der Waals surface area (Å²) in [6.45, 7) is 4.68. The van der Waals surface area contributed by atoms with E-state index in [1.165, 1.54) is 0 Å². The van der Waals surface area contributed by atoms with E-state index in [2.05, 4.69) is 26.0 Å². The third-order valence-corrected chi connectivity index (χ3v) is 3.91. The number of aromatic hydroxyl groups is 1. The number of hydrogen-bond donors (Lipinski definition) is 1. The number of aromatic nitrogens is 1. The quantitative estimate of drug-likeness (QED) is 0.858. The summed E-state index contributed by atoms with van der Waals surface area (Å²) in [5.74, 6) is 0.203. The molecule has 1 aromatic carbocycles. The first kappa shape index (κ1) is 14.0. The van der Waals surface area contributed by atoms with Crippen LogP contribution < -0.4 is 4.80 Å². The molecule has 2 aromatic rings. The summed E-state index contributed by atoms with van der Waals surface area (Å²) in [5, 5.41) is 16.2. The Kier molecular flexibility index (Phi) is 4.55. The number of phenolic OH excluding ortho intramolecular Hbond substituents is 1. The lowest BCUT2D eigenvalue weighted by Crippen LogP contribution is -2.12. The van der Waals surface area contributed by atoms with E-state index in [-0.39, 0.29) is 5.75 Å². The molecule has 0 unspecified atom stereocenters. The molecule has 0 saturated heterocycles. The van der Waals surface area contributed by atoms with Crippen LogP contribution >= 0.6 is 27.3 Å². The van der Waals surface area contributed by atoms with Gasteiger partial charge in [-0.15, -0.1) is 11.3 Å². The number of halogens is 1. The molecule has 0 fully saturated rings. The molecule has 0 atom stereocenters. The van der Waals surface area contributed by atoms with Gasteiger partial charge in [-0.25, -0.2) is 4.68 Å². The topological polar surface area (TPSA) is 49.9 Å². The first-order valence-electron chi connectivity index (χ1n) is 5.82. The van der Waals surface area contributed by atoms with Crippen molar-refractivity contribution in [2.45, 2.75) is 13.8 Å². The van der Waals surface area contributed by atoms with Crippen molar-refractivity contribution in [1.29, 1.82) is 0 Å². The van der Waals surface area contributed by atoms with Crippen molar-refractivity contribution < 1.29 is 5.11 Å². The molecular formula is C13H14BrN3OS. The zero-order valence-corrected chi connectivity index (χ0v) is 13.1. The van der Waals surface area contributed by atoms with Crippen LogP contribution in [0.2, 0.25) is 0 Å². The minimum atomic E-state index is 0.203. The van der Waals surface area contributed by atoms with Crippen LogP contribution in [0.15, 0.2) is 38.1 Å². The number of thiazole rings is 1. The van der Waals surface area contributed by atoms with Gasteiger partial charge in [0.05, 0.1) is 11.9 Å². The Labute approximate surface area is 123 Å². The van der Waals surface area contributed by atoms with E-state index in [1.54, 1.807) is 34.4 Å². The number of hydrogen-bond acceptors (Lipinski definition) is 4. The molecule has 1 aromatic heterocycles. The Hall–Kier alpha value is -1.40. The highest BCUT2D eigenvalue weighted by Gasteiger charge is 2.01. The van der Waals surface area contributed by atoms with Gasteiger partial charge in [-0.1, -0.05) is 15.9 Å². The standard InChI is InChI=1S/C13H14BrN3OS/c1-3-15-13-17(9(2)8-19-13)16-7-10-6-11(14)4-5-12(10)18/h4-8,18H,3H2,1-2H3. The summed E-state index contributed by atoms with van der Waals surface area (Å²) in [6, 6.07) is 5.24. The molecular weight excluding hydrogens is 326 g/mol. The Bertz CT molecular complexity index is 673. The Morgan fingerprint density at radius 2 is 2.26 bits per heavy atom. The molecule has 0 radical (unpaired) electrons. The van der Waals surface area contributed by atoms with Crippen molar-refractivity contribution in [3.8, 4) is 5.75 Å². The molecule has 0 spiro atoms. The second-order valence-corrected chi connectivity index (χ2v) is 5.65. The fraction of sp³-hybridized carbons (Fsp3) is 0.231. The predicted octanol–water partition coefficient (Wildman–Crippen LogP) is 3.13. The van der Waals surface area contributed by atoms with Crippen molar-refractivity contribution in [1.82, 2.24) is 4.68 Å². The molecule has 0 aliphatic heterocycles. The molecule has 0 saturated carbocycles. The lowest BCUT2D eigenvalue weighted by Gasteiger charge is -2.00. The molecule has 6 heteroatoms. The van der Waals surface area contributed by atoms with Gasteiger partial charge in [-0.05, 0) is 32.0 Å². The van der Waals surface area contributed by atoms with Gasteiger partial charge in [0.1, 0.15) is 5.75 Å². The number of rotatable bonds is 3. The minimum Gasteiger partial charge on any atom is -0.507 e. The van der Waals surface area contributed by atoms with Gasteiger partial charge in [0.25, 0.3) is 0 Å². The molecule has 100 valence electrons. The Morgan fingerprint density at radius 1 is 1.47 bits per heavy atom. The van der Waals surface area contributed by atoms with Crippen molar-refractivity contribution in [3.05, 3.63) is 44.1 Å². The lowest BCUT2D eigenvalue weighted by atomic mass is 10.2. The lowest BCUT2D eigenvalue weighted by molar-refractivity contribution is 0.474. The molecule has 0 bridgehead atoms. The third kappa shape index (κ3) is 3.33. The summed E-state index contributed by atoms with van der Waals surface area (Å²) >= 11 is 4.93. The predicted molar refractivity (Wildman–Crippen MR) is 81.9 cm³/mol. The monoisotopic (exact) mass is 339 g/mol. The zero-order valence-electron chi connectivity index (χ0n) is 10.7. The first-order valence-corrected chi connectivity index (χ1v) is 7.49. The summed E-state index contributed by atoms with van der Waals surface area (Å²) in [5.41, 5.74) is 1.68. The average molecular weight is 340 g/mol. The molecule has 1 heterocycles. The Morgan fingerprint density at radius 3 is 3.00 bits per heavy atom. The Balaban J connectivity index is 2.40. The van der Waals surface area contributed by atoms with Crippen LogP contribution in [0.3, 0.4) is 0 Å². The fourth-order valence-electron chi connectivity index (χ4n) is 1.52. The van der Waals surface area contributed by atoms with Crippen molar-refractivity contribution in [2.24, 2.45) is 10.1 Å². The molecule has 2 rings (SSSR count). The molecule has 4 nitrogen and oxygen atoms in total. The van der Waals surface area contributed by atoms with Crippen LogP contribution in [0.4, 0.5) is 0 Å². The normalized spacial score (nSPS) is 12.5. The van der Waals surface area contributed by atoms with Gasteiger partial charge in [0.2, 0.25) is 4.80 Å². The van der Waals surface area contributed by atoms with E-state index in [4.69, 9.17) is 0 Å². The maximum Gasteiger partial charge on any atom is 0.205 e.